The van der Waals surface area contributed by atoms with Gasteiger partial charge in [0.05, 0.1) is 5.56 Å². The summed E-state index contributed by atoms with van der Waals surface area (Å²) in [6.45, 7) is 5.97. The summed E-state index contributed by atoms with van der Waals surface area (Å²) in [7, 11) is 0. The number of aromatic amines is 1. The second kappa shape index (κ2) is 4.53. The third kappa shape index (κ3) is 2.61. The van der Waals surface area contributed by atoms with Crippen LogP contribution in [-0.4, -0.2) is 17.2 Å². The van der Waals surface area contributed by atoms with Crippen LogP contribution in [0.1, 0.15) is 25.0 Å². The molecular formula is C14H16N2O. The number of hydrogen-bond acceptors (Lipinski definition) is 2. The van der Waals surface area contributed by atoms with E-state index in [2.05, 4.69) is 9.98 Å². The number of nitrogens with zero attached hydrogens (tertiary/aromatic N) is 1. The quantitative estimate of drug-likeness (QED) is 0.789. The number of benzene rings is 1. The van der Waals surface area contributed by atoms with Gasteiger partial charge < -0.3 is 4.98 Å². The highest BCUT2D eigenvalue weighted by atomic mass is 16.1. The summed E-state index contributed by atoms with van der Waals surface area (Å²) in [4.78, 5) is 18.9. The van der Waals surface area contributed by atoms with E-state index in [1.54, 1.807) is 6.21 Å². The number of rotatable bonds is 2. The maximum Gasteiger partial charge on any atom is 0.257 e. The lowest BCUT2D eigenvalue weighted by Crippen LogP contribution is -2.12. The van der Waals surface area contributed by atoms with Crippen molar-refractivity contribution >= 4 is 17.1 Å². The van der Waals surface area contributed by atoms with E-state index in [4.69, 9.17) is 0 Å². The van der Waals surface area contributed by atoms with Crippen molar-refractivity contribution in [2.45, 2.75) is 26.8 Å². The number of pyridine rings is 1. The molecule has 3 heteroatoms. The van der Waals surface area contributed by atoms with E-state index in [1.807, 2.05) is 45.0 Å². The van der Waals surface area contributed by atoms with Gasteiger partial charge in [0.25, 0.3) is 5.56 Å². The van der Waals surface area contributed by atoms with E-state index >= 15 is 0 Å². The molecule has 0 amide bonds. The molecule has 0 radical (unpaired) electrons. The molecule has 0 saturated carbocycles. The molecule has 1 aromatic carbocycles. The Balaban J connectivity index is 2.56. The first-order valence-corrected chi connectivity index (χ1v) is 5.73. The summed E-state index contributed by atoms with van der Waals surface area (Å²) >= 11 is 0. The second-order valence-electron chi connectivity index (χ2n) is 4.52. The zero-order chi connectivity index (χ0) is 12.4. The molecule has 2 aromatic rings. The number of hydrogen-bond donors (Lipinski definition) is 1. The number of nitrogens with one attached hydrogen (secondary N) is 1. The fourth-order valence-corrected chi connectivity index (χ4v) is 1.66. The molecule has 0 spiro atoms. The molecule has 3 nitrogen and oxygen atoms in total. The molecule has 1 heterocycles. The number of aliphatic imine (C=N–C) groups is 1. The molecule has 0 unspecified atom stereocenters. The highest BCUT2D eigenvalue weighted by Gasteiger charge is 2.01. The minimum atomic E-state index is -0.0903. The number of aryl methyl sites for hydroxylation is 1. The predicted molar refractivity (Wildman–Crippen MR) is 72.0 cm³/mol. The molecule has 0 atom stereocenters. The molecule has 2 rings (SSSR count). The van der Waals surface area contributed by atoms with Crippen LogP contribution in [0.15, 0.2) is 34.1 Å². The Morgan fingerprint density at radius 2 is 2.06 bits per heavy atom. The van der Waals surface area contributed by atoms with Gasteiger partial charge in [-0.2, -0.15) is 0 Å². The van der Waals surface area contributed by atoms with Crippen LogP contribution in [0.4, 0.5) is 0 Å². The summed E-state index contributed by atoms with van der Waals surface area (Å²) < 4.78 is 0. The summed E-state index contributed by atoms with van der Waals surface area (Å²) in [5.41, 5.74) is 2.52. The maximum atomic E-state index is 11.8. The maximum absolute atomic E-state index is 11.8. The van der Waals surface area contributed by atoms with Crippen molar-refractivity contribution in [2.24, 2.45) is 4.99 Å². The first kappa shape index (κ1) is 11.6. The number of fused-ring (bicyclic) bond motifs is 1. The van der Waals surface area contributed by atoms with E-state index in [0.29, 0.717) is 5.56 Å². The van der Waals surface area contributed by atoms with Crippen LogP contribution in [0.25, 0.3) is 10.9 Å². The van der Waals surface area contributed by atoms with Crippen molar-refractivity contribution in [3.63, 3.8) is 0 Å². The molecule has 0 bridgehead atoms. The van der Waals surface area contributed by atoms with Gasteiger partial charge in [0.15, 0.2) is 0 Å². The van der Waals surface area contributed by atoms with Crippen LogP contribution < -0.4 is 5.56 Å². The van der Waals surface area contributed by atoms with Crippen LogP contribution >= 0.6 is 0 Å². The normalized spacial score (nSPS) is 11.8. The molecule has 1 aromatic heterocycles. The van der Waals surface area contributed by atoms with Gasteiger partial charge in [-0.25, -0.2) is 0 Å². The number of H-pyrrole nitrogens is 1. The Bertz CT molecular complexity index is 624. The van der Waals surface area contributed by atoms with Gasteiger partial charge in [-0.3, -0.25) is 9.79 Å². The zero-order valence-corrected chi connectivity index (χ0v) is 10.3. The first-order valence-electron chi connectivity index (χ1n) is 5.73. The highest BCUT2D eigenvalue weighted by molar-refractivity contribution is 5.87. The minimum Gasteiger partial charge on any atom is -0.321 e. The average Bonchev–Trinajstić information content (AvgIpc) is 2.26. The summed E-state index contributed by atoms with van der Waals surface area (Å²) in [5.74, 6) is 0. The third-order valence-corrected chi connectivity index (χ3v) is 2.54. The van der Waals surface area contributed by atoms with E-state index in [9.17, 15) is 4.79 Å². The monoisotopic (exact) mass is 228 g/mol. The molecule has 0 aliphatic carbocycles. The number of aromatic nitrogens is 1. The van der Waals surface area contributed by atoms with Gasteiger partial charge in [0, 0.05) is 17.8 Å². The van der Waals surface area contributed by atoms with E-state index in [0.717, 1.165) is 16.5 Å². The topological polar surface area (TPSA) is 45.2 Å². The van der Waals surface area contributed by atoms with E-state index in [-0.39, 0.29) is 11.6 Å². The van der Waals surface area contributed by atoms with Crippen LogP contribution in [0.2, 0.25) is 0 Å². The summed E-state index contributed by atoms with van der Waals surface area (Å²) in [6, 6.07) is 8.08. The van der Waals surface area contributed by atoms with Gasteiger partial charge in [-0.15, -0.1) is 0 Å². The minimum absolute atomic E-state index is 0.0903. The Morgan fingerprint density at radius 3 is 2.76 bits per heavy atom. The summed E-state index contributed by atoms with van der Waals surface area (Å²) in [6.07, 6.45) is 1.64. The SMILES string of the molecule is Cc1ccc2cc(C=NC(C)C)c(=O)[nH]c2c1. The van der Waals surface area contributed by atoms with E-state index in [1.165, 1.54) is 0 Å². The Labute approximate surface area is 100 Å². The lowest BCUT2D eigenvalue weighted by molar-refractivity contribution is 0.841. The van der Waals surface area contributed by atoms with Crippen LogP contribution in [0, 0.1) is 6.92 Å². The van der Waals surface area contributed by atoms with Crippen molar-refractivity contribution in [2.75, 3.05) is 0 Å². The smallest absolute Gasteiger partial charge is 0.257 e. The van der Waals surface area contributed by atoms with Gasteiger partial charge in [-0.05, 0) is 43.9 Å². The van der Waals surface area contributed by atoms with Crippen molar-refractivity contribution < 1.29 is 0 Å². The van der Waals surface area contributed by atoms with E-state index < -0.39 is 0 Å². The van der Waals surface area contributed by atoms with Gasteiger partial charge in [0.2, 0.25) is 0 Å². The fourth-order valence-electron chi connectivity index (χ4n) is 1.66. The average molecular weight is 228 g/mol. The molecule has 17 heavy (non-hydrogen) atoms. The van der Waals surface area contributed by atoms with Crippen molar-refractivity contribution in [3.05, 3.63) is 45.7 Å². The molecule has 88 valence electrons. The largest absolute Gasteiger partial charge is 0.321 e. The van der Waals surface area contributed by atoms with Crippen LogP contribution in [0.5, 0.6) is 0 Å². The molecule has 0 aliphatic heterocycles. The molecule has 0 fully saturated rings. The van der Waals surface area contributed by atoms with Crippen molar-refractivity contribution in [3.8, 4) is 0 Å². The Kier molecular flexibility index (Phi) is 3.09. The lowest BCUT2D eigenvalue weighted by atomic mass is 10.1. The van der Waals surface area contributed by atoms with Gasteiger partial charge >= 0.3 is 0 Å². The zero-order valence-electron chi connectivity index (χ0n) is 10.3. The second-order valence-corrected chi connectivity index (χ2v) is 4.52. The fraction of sp³-hybridized carbons (Fsp3) is 0.286. The van der Waals surface area contributed by atoms with Crippen molar-refractivity contribution in [1.29, 1.82) is 0 Å². The lowest BCUT2D eigenvalue weighted by Gasteiger charge is -2.01. The van der Waals surface area contributed by atoms with Crippen LogP contribution in [-0.2, 0) is 0 Å². The molecule has 0 aliphatic rings. The third-order valence-electron chi connectivity index (χ3n) is 2.54. The van der Waals surface area contributed by atoms with Crippen molar-refractivity contribution in [1.82, 2.24) is 4.98 Å². The Hall–Kier alpha value is -1.90. The van der Waals surface area contributed by atoms with Crippen LogP contribution in [0.3, 0.4) is 0 Å². The highest BCUT2D eigenvalue weighted by Crippen LogP contribution is 2.12. The molecule has 1 N–H and O–H groups in total. The summed E-state index contributed by atoms with van der Waals surface area (Å²) in [5, 5.41) is 1.03. The molecule has 0 saturated heterocycles. The Morgan fingerprint density at radius 1 is 1.29 bits per heavy atom. The van der Waals surface area contributed by atoms with Gasteiger partial charge in [0.1, 0.15) is 0 Å². The predicted octanol–water partition coefficient (Wildman–Crippen LogP) is 2.66. The molecular weight excluding hydrogens is 212 g/mol. The standard InChI is InChI=1S/C14H16N2O/c1-9(2)15-8-12-7-11-5-4-10(3)6-13(11)16-14(12)17/h4-9H,1-3H3,(H,16,17). The van der Waals surface area contributed by atoms with Gasteiger partial charge in [-0.1, -0.05) is 12.1 Å². The first-order chi connectivity index (χ1) is 8.06.